The molecule has 0 amide bonds. The molecule has 7 nitrogen and oxygen atoms in total. The van der Waals surface area contributed by atoms with Gasteiger partial charge in [-0.15, -0.1) is 0 Å². The number of rotatable bonds is 5. The summed E-state index contributed by atoms with van der Waals surface area (Å²) >= 11 is 0. The normalized spacial score (nSPS) is 10.8. The fourth-order valence-electron chi connectivity index (χ4n) is 2.81. The van der Waals surface area contributed by atoms with Crippen LogP contribution in [0.15, 0.2) is 74.6 Å². The molecule has 0 saturated heterocycles. The van der Waals surface area contributed by atoms with Crippen molar-refractivity contribution in [1.29, 1.82) is 0 Å². The molecular formula is C21H13NO6. The van der Waals surface area contributed by atoms with Gasteiger partial charge in [0, 0.05) is 10.9 Å². The van der Waals surface area contributed by atoms with Crippen molar-refractivity contribution in [2.75, 3.05) is 7.11 Å². The Balaban J connectivity index is 1.74. The average molecular weight is 375 g/mol. The molecule has 0 aliphatic rings. The first-order chi connectivity index (χ1) is 13.6. The molecule has 0 spiro atoms. The number of nitrogens with zero attached hydrogens (tertiary/aromatic N) is 1. The second-order valence-electron chi connectivity index (χ2n) is 5.95. The van der Waals surface area contributed by atoms with Crippen LogP contribution in [-0.4, -0.2) is 23.8 Å². The van der Waals surface area contributed by atoms with E-state index in [1.807, 2.05) is 0 Å². The Hall–Kier alpha value is -4.00. The zero-order chi connectivity index (χ0) is 19.7. The van der Waals surface area contributed by atoms with Gasteiger partial charge in [-0.2, -0.15) is 0 Å². The molecule has 0 aliphatic carbocycles. The molecule has 0 unspecified atom stereocenters. The van der Waals surface area contributed by atoms with Crippen LogP contribution >= 0.6 is 0 Å². The first kappa shape index (κ1) is 17.4. The smallest absolute Gasteiger partial charge is 0.347 e. The monoisotopic (exact) mass is 375 g/mol. The van der Waals surface area contributed by atoms with Crippen molar-refractivity contribution < 1.29 is 23.3 Å². The van der Waals surface area contributed by atoms with Crippen LogP contribution in [-0.2, 0) is 0 Å². The molecule has 2 aromatic heterocycles. The molecule has 4 rings (SSSR count). The van der Waals surface area contributed by atoms with E-state index in [1.54, 1.807) is 48.5 Å². The molecule has 0 N–H and O–H groups in total. The third-order valence-electron chi connectivity index (χ3n) is 4.27. The van der Waals surface area contributed by atoms with Crippen molar-refractivity contribution in [1.82, 2.24) is 5.16 Å². The van der Waals surface area contributed by atoms with Crippen molar-refractivity contribution in [3.63, 3.8) is 0 Å². The van der Waals surface area contributed by atoms with Crippen LogP contribution in [0.1, 0.15) is 32.0 Å². The highest BCUT2D eigenvalue weighted by Crippen LogP contribution is 2.20. The van der Waals surface area contributed by atoms with Gasteiger partial charge in [0.05, 0.1) is 12.7 Å². The maximum absolute atomic E-state index is 12.9. The van der Waals surface area contributed by atoms with Crippen LogP contribution in [0.2, 0.25) is 0 Å². The highest BCUT2D eigenvalue weighted by atomic mass is 16.5. The lowest BCUT2D eigenvalue weighted by Crippen LogP contribution is -2.17. The molecule has 0 fully saturated rings. The van der Waals surface area contributed by atoms with E-state index in [1.165, 1.54) is 13.2 Å². The fraction of sp³-hybridized carbons (Fsp3) is 0.0476. The van der Waals surface area contributed by atoms with Gasteiger partial charge < -0.3 is 13.7 Å². The molecule has 2 heterocycles. The second-order valence-corrected chi connectivity index (χ2v) is 5.95. The number of methoxy groups -OCH3 is 1. The first-order valence-electron chi connectivity index (χ1n) is 8.29. The predicted octanol–water partition coefficient (Wildman–Crippen LogP) is 3.25. The fourth-order valence-corrected chi connectivity index (χ4v) is 2.81. The van der Waals surface area contributed by atoms with Crippen LogP contribution in [0, 0.1) is 0 Å². The summed E-state index contributed by atoms with van der Waals surface area (Å²) in [6.45, 7) is 0. The predicted molar refractivity (Wildman–Crippen MR) is 98.8 cm³/mol. The van der Waals surface area contributed by atoms with E-state index in [0.717, 1.165) is 6.26 Å². The Kier molecular flexibility index (Phi) is 4.33. The van der Waals surface area contributed by atoms with Gasteiger partial charge in [0.1, 0.15) is 23.2 Å². The summed E-state index contributed by atoms with van der Waals surface area (Å²) < 4.78 is 15.1. The summed E-state index contributed by atoms with van der Waals surface area (Å²) in [7, 11) is 1.51. The van der Waals surface area contributed by atoms with Crippen LogP contribution in [0.3, 0.4) is 0 Å². The van der Waals surface area contributed by atoms with Crippen molar-refractivity contribution in [2.45, 2.75) is 0 Å². The van der Waals surface area contributed by atoms with Gasteiger partial charge in [0.2, 0.25) is 11.6 Å². The van der Waals surface area contributed by atoms with E-state index in [9.17, 15) is 14.4 Å². The van der Waals surface area contributed by atoms with Gasteiger partial charge in [-0.1, -0.05) is 23.4 Å². The maximum atomic E-state index is 12.9. The first-order valence-corrected chi connectivity index (χ1v) is 8.29. The average Bonchev–Trinajstić information content (AvgIpc) is 3.22. The minimum atomic E-state index is -0.798. The number of ether oxygens (including phenoxy) is 1. The SMILES string of the molecule is COc1ccc(C(=O)c2nocc2C(=O)c2cc3ccccc3oc2=O)cc1. The van der Waals surface area contributed by atoms with Crippen LogP contribution in [0.4, 0.5) is 0 Å². The van der Waals surface area contributed by atoms with Crippen LogP contribution < -0.4 is 10.4 Å². The number of carbonyl (C=O) groups is 2. The number of benzene rings is 2. The van der Waals surface area contributed by atoms with Crippen molar-refractivity contribution in [2.24, 2.45) is 0 Å². The molecule has 0 radical (unpaired) electrons. The zero-order valence-corrected chi connectivity index (χ0v) is 14.7. The Bertz CT molecular complexity index is 1250. The van der Waals surface area contributed by atoms with E-state index in [-0.39, 0.29) is 16.8 Å². The molecule has 138 valence electrons. The van der Waals surface area contributed by atoms with Crippen LogP contribution in [0.5, 0.6) is 5.75 Å². The van der Waals surface area contributed by atoms with E-state index < -0.39 is 17.2 Å². The summed E-state index contributed by atoms with van der Waals surface area (Å²) in [5.41, 5.74) is -0.622. The Morgan fingerprint density at radius 3 is 2.46 bits per heavy atom. The number of para-hydroxylation sites is 1. The Labute approximate surface area is 158 Å². The van der Waals surface area contributed by atoms with E-state index in [4.69, 9.17) is 13.7 Å². The third kappa shape index (κ3) is 2.99. The summed E-state index contributed by atoms with van der Waals surface area (Å²) in [4.78, 5) is 37.9. The molecular weight excluding hydrogens is 362 g/mol. The van der Waals surface area contributed by atoms with Gasteiger partial charge in [-0.3, -0.25) is 9.59 Å². The van der Waals surface area contributed by atoms with Crippen LogP contribution in [0.25, 0.3) is 11.0 Å². The molecule has 0 atom stereocenters. The molecule has 2 aromatic carbocycles. The number of ketones is 2. The summed E-state index contributed by atoms with van der Waals surface area (Å²) in [6.07, 6.45) is 1.05. The zero-order valence-electron chi connectivity index (χ0n) is 14.7. The topological polar surface area (TPSA) is 99.6 Å². The lowest BCUT2D eigenvalue weighted by Gasteiger charge is -2.03. The standard InChI is InChI=1S/C21H13NO6/c1-26-14-8-6-12(7-9-14)19(23)18-16(11-27-22-18)20(24)15-10-13-4-2-3-5-17(13)28-21(15)25/h2-11H,1H3. The van der Waals surface area contributed by atoms with Gasteiger partial charge in [-0.25, -0.2) is 4.79 Å². The minimum Gasteiger partial charge on any atom is -0.497 e. The molecule has 0 aliphatic heterocycles. The number of hydrogen-bond donors (Lipinski definition) is 0. The summed E-state index contributed by atoms with van der Waals surface area (Å²) in [6, 6.07) is 14.6. The van der Waals surface area contributed by atoms with Crippen molar-refractivity contribution in [3.05, 3.63) is 93.7 Å². The molecule has 0 saturated carbocycles. The van der Waals surface area contributed by atoms with Gasteiger partial charge in [0.15, 0.2) is 5.69 Å². The number of hydrogen-bond acceptors (Lipinski definition) is 7. The Morgan fingerprint density at radius 2 is 1.71 bits per heavy atom. The lowest BCUT2D eigenvalue weighted by atomic mass is 10.00. The van der Waals surface area contributed by atoms with E-state index in [0.29, 0.717) is 22.3 Å². The molecule has 0 bridgehead atoms. The van der Waals surface area contributed by atoms with E-state index in [2.05, 4.69) is 5.16 Å². The van der Waals surface area contributed by atoms with Crippen molar-refractivity contribution in [3.8, 4) is 5.75 Å². The maximum Gasteiger partial charge on any atom is 0.347 e. The van der Waals surface area contributed by atoms with Crippen molar-refractivity contribution >= 4 is 22.5 Å². The van der Waals surface area contributed by atoms with Gasteiger partial charge >= 0.3 is 5.63 Å². The largest absolute Gasteiger partial charge is 0.497 e. The lowest BCUT2D eigenvalue weighted by molar-refractivity contribution is 0.0998. The summed E-state index contributed by atoms with van der Waals surface area (Å²) in [5.74, 6) is -0.621. The Morgan fingerprint density at radius 1 is 0.964 bits per heavy atom. The quantitative estimate of drug-likeness (QED) is 0.390. The van der Waals surface area contributed by atoms with E-state index >= 15 is 0 Å². The van der Waals surface area contributed by atoms with Gasteiger partial charge in [0.25, 0.3) is 0 Å². The molecule has 28 heavy (non-hydrogen) atoms. The number of carbonyl (C=O) groups excluding carboxylic acids is 2. The highest BCUT2D eigenvalue weighted by molar-refractivity contribution is 6.18. The van der Waals surface area contributed by atoms with Gasteiger partial charge in [-0.05, 0) is 36.4 Å². The number of aromatic nitrogens is 1. The molecule has 4 aromatic rings. The molecule has 7 heteroatoms. The second kappa shape index (κ2) is 6.96. The summed E-state index contributed by atoms with van der Waals surface area (Å²) in [5, 5.41) is 4.25. The third-order valence-corrected chi connectivity index (χ3v) is 4.27. The highest BCUT2D eigenvalue weighted by Gasteiger charge is 2.26. The number of fused-ring (bicyclic) bond motifs is 1. The minimum absolute atomic E-state index is 0.108.